The Kier molecular flexibility index (Phi) is 6.62. The maximum absolute atomic E-state index is 12.3. The van der Waals surface area contributed by atoms with E-state index in [1.807, 2.05) is 6.92 Å². The lowest BCUT2D eigenvalue weighted by Crippen LogP contribution is -2.51. The first-order chi connectivity index (χ1) is 12.0. The van der Waals surface area contributed by atoms with Gasteiger partial charge in [-0.1, -0.05) is 0 Å². The Morgan fingerprint density at radius 1 is 1.00 bits per heavy atom. The van der Waals surface area contributed by atoms with Crippen LogP contribution in [-0.4, -0.2) is 67.2 Å². The fraction of sp³-hybridized carbons (Fsp3) is 0.471. The van der Waals surface area contributed by atoms with Crippen molar-refractivity contribution in [1.29, 1.82) is 0 Å². The van der Waals surface area contributed by atoms with E-state index in [9.17, 15) is 14.4 Å². The lowest BCUT2D eigenvalue weighted by Gasteiger charge is -2.34. The van der Waals surface area contributed by atoms with Crippen molar-refractivity contribution in [2.75, 3.05) is 44.6 Å². The van der Waals surface area contributed by atoms with Crippen LogP contribution in [0.4, 0.5) is 15.3 Å². The Morgan fingerprint density at radius 3 is 2.16 bits per heavy atom. The molecule has 2 rings (SSSR count). The highest BCUT2D eigenvalue weighted by atomic mass is 16.6. The number of piperazine rings is 1. The predicted octanol–water partition coefficient (Wildman–Crippen LogP) is 1.74. The van der Waals surface area contributed by atoms with Gasteiger partial charge in [0.05, 0.1) is 6.61 Å². The molecule has 1 heterocycles. The summed E-state index contributed by atoms with van der Waals surface area (Å²) in [6.45, 7) is 6.31. The van der Waals surface area contributed by atoms with E-state index in [0.717, 1.165) is 0 Å². The minimum Gasteiger partial charge on any atom is -0.450 e. The van der Waals surface area contributed by atoms with E-state index < -0.39 is 0 Å². The van der Waals surface area contributed by atoms with Gasteiger partial charge in [-0.15, -0.1) is 0 Å². The van der Waals surface area contributed by atoms with Gasteiger partial charge in [0.2, 0.25) is 0 Å². The number of benzene rings is 1. The van der Waals surface area contributed by atoms with Crippen LogP contribution in [0.3, 0.4) is 0 Å². The largest absolute Gasteiger partial charge is 0.450 e. The van der Waals surface area contributed by atoms with Crippen LogP contribution in [0.25, 0.3) is 0 Å². The molecule has 4 amide bonds. The molecule has 1 saturated heterocycles. The first-order valence-corrected chi connectivity index (χ1v) is 8.41. The second kappa shape index (κ2) is 8.91. The van der Waals surface area contributed by atoms with Crippen molar-refractivity contribution in [3.05, 3.63) is 29.8 Å². The number of carbonyl (C=O) groups excluding carboxylic acids is 3. The summed E-state index contributed by atoms with van der Waals surface area (Å²) < 4.78 is 4.96. The highest BCUT2D eigenvalue weighted by molar-refractivity contribution is 5.95. The Bertz CT molecular complexity index is 610. The first-order valence-electron chi connectivity index (χ1n) is 8.41. The molecule has 136 valence electrons. The maximum Gasteiger partial charge on any atom is 0.409 e. The number of carbonyl (C=O) groups is 3. The molecule has 0 atom stereocenters. The predicted molar refractivity (Wildman–Crippen MR) is 93.6 cm³/mol. The Hall–Kier alpha value is -2.77. The smallest absolute Gasteiger partial charge is 0.409 e. The highest BCUT2D eigenvalue weighted by Crippen LogP contribution is 2.12. The van der Waals surface area contributed by atoms with Gasteiger partial charge in [0.15, 0.2) is 0 Å². The lowest BCUT2D eigenvalue weighted by molar-refractivity contribution is 0.0868. The average Bonchev–Trinajstić information content (AvgIpc) is 2.63. The molecule has 1 aliphatic heterocycles. The molecule has 8 nitrogen and oxygen atoms in total. The van der Waals surface area contributed by atoms with Crippen molar-refractivity contribution in [1.82, 2.24) is 15.1 Å². The zero-order valence-corrected chi connectivity index (χ0v) is 14.6. The van der Waals surface area contributed by atoms with E-state index in [0.29, 0.717) is 50.6 Å². The third-order valence-corrected chi connectivity index (χ3v) is 3.83. The van der Waals surface area contributed by atoms with Crippen LogP contribution < -0.4 is 10.6 Å². The van der Waals surface area contributed by atoms with Crippen molar-refractivity contribution in [3.8, 4) is 0 Å². The summed E-state index contributed by atoms with van der Waals surface area (Å²) in [7, 11) is 0. The van der Waals surface area contributed by atoms with E-state index in [1.165, 1.54) is 0 Å². The van der Waals surface area contributed by atoms with Crippen LogP contribution in [-0.2, 0) is 4.74 Å². The molecular weight excluding hydrogens is 324 g/mol. The summed E-state index contributed by atoms with van der Waals surface area (Å²) in [5, 5.41) is 5.52. The molecule has 25 heavy (non-hydrogen) atoms. The standard InChI is InChI=1S/C17H24N4O4/c1-3-18-15(22)13-5-7-14(8-6-13)19-16(23)20-9-11-21(12-10-20)17(24)25-4-2/h5-8H,3-4,9-12H2,1-2H3,(H,18,22)(H,19,23). The number of urea groups is 1. The molecule has 1 aliphatic rings. The minimum atomic E-state index is -0.344. The number of amides is 4. The van der Waals surface area contributed by atoms with E-state index in [1.54, 1.807) is 41.0 Å². The highest BCUT2D eigenvalue weighted by Gasteiger charge is 2.24. The lowest BCUT2D eigenvalue weighted by atomic mass is 10.2. The molecule has 8 heteroatoms. The fourth-order valence-corrected chi connectivity index (χ4v) is 2.48. The maximum atomic E-state index is 12.3. The second-order valence-electron chi connectivity index (χ2n) is 5.54. The fourth-order valence-electron chi connectivity index (χ4n) is 2.48. The number of anilines is 1. The van der Waals surface area contributed by atoms with Gasteiger partial charge in [0.1, 0.15) is 0 Å². The van der Waals surface area contributed by atoms with Crippen LogP contribution >= 0.6 is 0 Å². The van der Waals surface area contributed by atoms with Gasteiger partial charge in [0, 0.05) is 44.0 Å². The van der Waals surface area contributed by atoms with Crippen LogP contribution in [0.5, 0.6) is 0 Å². The third kappa shape index (κ3) is 5.10. The number of rotatable bonds is 4. The van der Waals surface area contributed by atoms with Gasteiger partial charge in [-0.05, 0) is 38.1 Å². The van der Waals surface area contributed by atoms with Crippen molar-refractivity contribution in [2.24, 2.45) is 0 Å². The van der Waals surface area contributed by atoms with Crippen LogP contribution in [0, 0.1) is 0 Å². The van der Waals surface area contributed by atoms with Crippen molar-refractivity contribution in [3.63, 3.8) is 0 Å². The zero-order chi connectivity index (χ0) is 18.2. The summed E-state index contributed by atoms with van der Waals surface area (Å²) in [5.74, 6) is -0.143. The monoisotopic (exact) mass is 348 g/mol. The normalized spacial score (nSPS) is 14.0. The zero-order valence-electron chi connectivity index (χ0n) is 14.6. The van der Waals surface area contributed by atoms with E-state index in [-0.39, 0.29) is 18.0 Å². The molecule has 1 aromatic carbocycles. The number of hydrogen-bond donors (Lipinski definition) is 2. The topological polar surface area (TPSA) is 91.0 Å². The van der Waals surface area contributed by atoms with Gasteiger partial charge in [-0.2, -0.15) is 0 Å². The quantitative estimate of drug-likeness (QED) is 0.867. The Balaban J connectivity index is 1.84. The molecule has 0 unspecified atom stereocenters. The molecule has 0 spiro atoms. The van der Waals surface area contributed by atoms with Crippen molar-refractivity contribution < 1.29 is 19.1 Å². The average molecular weight is 348 g/mol. The molecule has 0 aliphatic carbocycles. The number of nitrogens with zero attached hydrogens (tertiary/aromatic N) is 2. The van der Waals surface area contributed by atoms with Crippen LogP contribution in [0.2, 0.25) is 0 Å². The van der Waals surface area contributed by atoms with E-state index in [4.69, 9.17) is 4.74 Å². The summed E-state index contributed by atoms with van der Waals surface area (Å²) >= 11 is 0. The summed E-state index contributed by atoms with van der Waals surface area (Å²) in [4.78, 5) is 38.9. The Morgan fingerprint density at radius 2 is 1.60 bits per heavy atom. The summed E-state index contributed by atoms with van der Waals surface area (Å²) in [5.41, 5.74) is 1.16. The molecule has 0 radical (unpaired) electrons. The molecule has 0 saturated carbocycles. The minimum absolute atomic E-state index is 0.143. The SMILES string of the molecule is CCNC(=O)c1ccc(NC(=O)N2CCN(C(=O)OCC)CC2)cc1. The molecule has 1 aromatic rings. The summed E-state index contributed by atoms with van der Waals surface area (Å²) in [6.07, 6.45) is -0.344. The Labute approximate surface area is 147 Å². The summed E-state index contributed by atoms with van der Waals surface area (Å²) in [6, 6.07) is 6.49. The van der Waals surface area contributed by atoms with Crippen molar-refractivity contribution >= 4 is 23.7 Å². The number of hydrogen-bond acceptors (Lipinski definition) is 4. The molecule has 0 bridgehead atoms. The van der Waals surface area contributed by atoms with Gasteiger partial charge in [-0.25, -0.2) is 9.59 Å². The first kappa shape index (κ1) is 18.6. The van der Waals surface area contributed by atoms with Gasteiger partial charge in [0.25, 0.3) is 5.91 Å². The van der Waals surface area contributed by atoms with Gasteiger partial charge < -0.3 is 25.2 Å². The molecule has 2 N–H and O–H groups in total. The second-order valence-corrected chi connectivity index (χ2v) is 5.54. The third-order valence-electron chi connectivity index (χ3n) is 3.83. The van der Waals surface area contributed by atoms with Gasteiger partial charge >= 0.3 is 12.1 Å². The van der Waals surface area contributed by atoms with E-state index >= 15 is 0 Å². The van der Waals surface area contributed by atoms with Gasteiger partial charge in [-0.3, -0.25) is 4.79 Å². The molecular formula is C17H24N4O4. The number of nitrogens with one attached hydrogen (secondary N) is 2. The number of ether oxygens (including phenoxy) is 1. The van der Waals surface area contributed by atoms with Crippen LogP contribution in [0.15, 0.2) is 24.3 Å². The van der Waals surface area contributed by atoms with E-state index in [2.05, 4.69) is 10.6 Å². The van der Waals surface area contributed by atoms with Crippen LogP contribution in [0.1, 0.15) is 24.2 Å². The molecule has 1 fully saturated rings. The molecule has 0 aromatic heterocycles. The van der Waals surface area contributed by atoms with Crippen molar-refractivity contribution in [2.45, 2.75) is 13.8 Å².